The molecule has 0 spiro atoms. The number of quaternary nitrogens is 3. The van der Waals surface area contributed by atoms with Crippen LogP contribution in [0.15, 0.2) is 83.0 Å². The molecule has 7 rings (SSSR count). The highest BCUT2D eigenvalue weighted by atomic mass is 15.5. The maximum atomic E-state index is 4.93. The monoisotopic (exact) mass is 398 g/mol. The van der Waals surface area contributed by atoms with Gasteiger partial charge in [-0.2, -0.15) is 10.2 Å². The Morgan fingerprint density at radius 3 is 2.10 bits per heavy atom. The van der Waals surface area contributed by atoms with Crippen molar-refractivity contribution in [1.82, 2.24) is 0 Å². The first-order chi connectivity index (χ1) is 14.8. The zero-order valence-electron chi connectivity index (χ0n) is 17.1. The Kier molecular flexibility index (Phi) is 4.27. The minimum Gasteiger partial charge on any atom is -0.241 e. The van der Waals surface area contributed by atoms with E-state index in [1.165, 1.54) is 61.7 Å². The topological polar surface area (TPSA) is 38.0 Å². The summed E-state index contributed by atoms with van der Waals surface area (Å²) in [5.74, 6) is 0. The van der Waals surface area contributed by atoms with Crippen molar-refractivity contribution >= 4 is 22.7 Å². The van der Waals surface area contributed by atoms with Crippen LogP contribution in [0.25, 0.3) is 10.8 Å². The van der Waals surface area contributed by atoms with Crippen molar-refractivity contribution in [3.63, 3.8) is 0 Å². The number of rotatable bonds is 4. The Hall–Kier alpha value is -2.86. The van der Waals surface area contributed by atoms with Crippen molar-refractivity contribution < 1.29 is 14.7 Å². The number of nitrogens with zero attached hydrogens (tertiary/aromatic N) is 2. The van der Waals surface area contributed by atoms with Crippen LogP contribution in [0.4, 0.5) is 0 Å². The van der Waals surface area contributed by atoms with Gasteiger partial charge >= 0.3 is 0 Å². The lowest BCUT2D eigenvalue weighted by molar-refractivity contribution is -1.30. The van der Waals surface area contributed by atoms with Crippen LogP contribution in [-0.4, -0.2) is 51.6 Å². The van der Waals surface area contributed by atoms with Gasteiger partial charge in [0.05, 0.1) is 11.9 Å². The molecule has 4 fully saturated rings. The molecule has 0 aromatic heterocycles. The third-order valence-corrected chi connectivity index (χ3v) is 6.99. The van der Waals surface area contributed by atoms with Crippen LogP contribution in [0.3, 0.4) is 0 Å². The number of hydrogen-bond acceptors (Lipinski definition) is 2. The fourth-order valence-electron chi connectivity index (χ4n) is 6.08. The second-order valence-electron chi connectivity index (χ2n) is 9.22. The Labute approximate surface area is 176 Å². The average molecular weight is 399 g/mol. The van der Waals surface area contributed by atoms with Crippen LogP contribution in [0.2, 0.25) is 0 Å². The molecule has 0 aliphatic carbocycles. The van der Waals surface area contributed by atoms with E-state index in [4.69, 9.17) is 5.10 Å². The van der Waals surface area contributed by atoms with Gasteiger partial charge in [-0.3, -0.25) is 0 Å². The van der Waals surface area contributed by atoms with E-state index in [1.54, 1.807) is 14.7 Å². The van der Waals surface area contributed by atoms with Gasteiger partial charge in [0.1, 0.15) is 19.6 Å². The minimum absolute atomic E-state index is 0.117. The van der Waals surface area contributed by atoms with Gasteiger partial charge in [0.15, 0.2) is 5.41 Å². The lowest BCUT2D eigenvalue weighted by atomic mass is 9.74. The first-order valence-corrected chi connectivity index (χ1v) is 10.9. The summed E-state index contributed by atoms with van der Waals surface area (Å²) in [6, 6.07) is 25.5. The second-order valence-corrected chi connectivity index (χ2v) is 9.22. The van der Waals surface area contributed by atoms with Gasteiger partial charge in [-0.05, 0) is 16.3 Å². The number of fused-ring (bicyclic) bond motifs is 1. The molecular formula is C25H28N5+3. The molecule has 3 N–H and O–H groups in total. The SMILES string of the molecule is C(=N/N=C(\c1ccccc1)C12C[NH+]3C[NH+](C[NH+](C3)C1)C2)/c1cccc2ccccc12. The summed E-state index contributed by atoms with van der Waals surface area (Å²) in [5, 5.41) is 12.0. The van der Waals surface area contributed by atoms with Gasteiger partial charge in [0.25, 0.3) is 0 Å². The molecule has 0 saturated carbocycles. The second kappa shape index (κ2) is 7.13. The van der Waals surface area contributed by atoms with Gasteiger partial charge in [-0.25, -0.2) is 14.7 Å². The molecule has 30 heavy (non-hydrogen) atoms. The zero-order valence-corrected chi connectivity index (χ0v) is 17.1. The summed E-state index contributed by atoms with van der Waals surface area (Å²) in [4.78, 5) is 5.14. The molecule has 4 heterocycles. The van der Waals surface area contributed by atoms with Crippen molar-refractivity contribution in [1.29, 1.82) is 0 Å². The minimum atomic E-state index is 0.117. The van der Waals surface area contributed by atoms with E-state index >= 15 is 0 Å². The van der Waals surface area contributed by atoms with E-state index in [2.05, 4.69) is 77.9 Å². The Balaban J connectivity index is 1.41. The van der Waals surface area contributed by atoms with E-state index in [1.807, 2.05) is 6.21 Å². The van der Waals surface area contributed by atoms with E-state index < -0.39 is 0 Å². The summed E-state index contributed by atoms with van der Waals surface area (Å²) < 4.78 is 0. The fourth-order valence-corrected chi connectivity index (χ4v) is 6.08. The quantitative estimate of drug-likeness (QED) is 0.381. The van der Waals surface area contributed by atoms with Crippen molar-refractivity contribution in [2.24, 2.45) is 15.6 Å². The lowest BCUT2D eigenvalue weighted by Crippen LogP contribution is -3.56. The molecule has 4 bridgehead atoms. The molecule has 4 saturated heterocycles. The summed E-state index contributed by atoms with van der Waals surface area (Å²) in [5.41, 5.74) is 3.63. The van der Waals surface area contributed by atoms with Gasteiger partial charge < -0.3 is 0 Å². The average Bonchev–Trinajstić information content (AvgIpc) is 2.76. The molecule has 4 aliphatic rings. The molecule has 0 unspecified atom stereocenters. The van der Waals surface area contributed by atoms with Crippen molar-refractivity contribution in [2.45, 2.75) is 0 Å². The Bertz CT molecular complexity index is 1090. The number of nitrogens with one attached hydrogen (secondary N) is 3. The third kappa shape index (κ3) is 3.06. The molecule has 150 valence electrons. The summed E-state index contributed by atoms with van der Waals surface area (Å²) in [6.07, 6.45) is 1.93. The maximum Gasteiger partial charge on any atom is 0.213 e. The van der Waals surface area contributed by atoms with Crippen molar-refractivity contribution in [3.8, 4) is 0 Å². The summed E-state index contributed by atoms with van der Waals surface area (Å²) in [6.45, 7) is 7.30. The molecular weight excluding hydrogens is 370 g/mol. The molecule has 0 amide bonds. The molecule has 5 nitrogen and oxygen atoms in total. The number of benzene rings is 3. The largest absolute Gasteiger partial charge is 0.241 e. The van der Waals surface area contributed by atoms with E-state index in [9.17, 15) is 0 Å². The Morgan fingerprint density at radius 1 is 0.733 bits per heavy atom. The van der Waals surface area contributed by atoms with Crippen LogP contribution >= 0.6 is 0 Å². The van der Waals surface area contributed by atoms with Gasteiger partial charge in [0.2, 0.25) is 20.0 Å². The molecule has 4 aliphatic heterocycles. The van der Waals surface area contributed by atoms with E-state index in [-0.39, 0.29) is 5.41 Å². The zero-order chi connectivity index (χ0) is 20.0. The predicted octanol–water partition coefficient (Wildman–Crippen LogP) is -0.783. The van der Waals surface area contributed by atoms with Gasteiger partial charge in [-0.1, -0.05) is 72.8 Å². The highest BCUT2D eigenvalue weighted by molar-refractivity contribution is 6.06. The van der Waals surface area contributed by atoms with Gasteiger partial charge in [0, 0.05) is 5.56 Å². The lowest BCUT2D eigenvalue weighted by Gasteiger charge is -2.52. The summed E-state index contributed by atoms with van der Waals surface area (Å²) in [7, 11) is 0. The van der Waals surface area contributed by atoms with Crippen LogP contribution < -0.4 is 14.7 Å². The molecule has 3 aromatic rings. The van der Waals surface area contributed by atoms with Crippen LogP contribution in [0.1, 0.15) is 11.1 Å². The van der Waals surface area contributed by atoms with Crippen molar-refractivity contribution in [3.05, 3.63) is 83.9 Å². The number of hydrogen-bond donors (Lipinski definition) is 3. The van der Waals surface area contributed by atoms with Crippen LogP contribution in [-0.2, 0) is 0 Å². The third-order valence-electron chi connectivity index (χ3n) is 6.99. The normalized spacial score (nSPS) is 30.4. The van der Waals surface area contributed by atoms with E-state index in [0.717, 1.165) is 5.56 Å². The maximum absolute atomic E-state index is 4.93. The fraction of sp³-hybridized carbons (Fsp3) is 0.280. The van der Waals surface area contributed by atoms with Crippen LogP contribution in [0.5, 0.6) is 0 Å². The Morgan fingerprint density at radius 2 is 1.37 bits per heavy atom. The van der Waals surface area contributed by atoms with Crippen molar-refractivity contribution in [2.75, 3.05) is 39.6 Å². The summed E-state index contributed by atoms with van der Waals surface area (Å²) >= 11 is 0. The smallest absolute Gasteiger partial charge is 0.213 e. The molecule has 3 aromatic carbocycles. The standard InChI is InChI=1S/C25H25N5/c1-2-8-21(9-3-1)24(25-14-28-17-29(15-25)19-30(16-25)18-28)27-26-13-22-11-6-10-20-7-4-5-12-23(20)22/h1-13H,14-19H2/p+3/b26-13-,27-24+. The molecule has 5 heteroatoms. The molecule has 0 atom stereocenters. The van der Waals surface area contributed by atoms with Crippen LogP contribution in [0, 0.1) is 5.41 Å². The highest BCUT2D eigenvalue weighted by Crippen LogP contribution is 2.24. The molecule has 0 radical (unpaired) electrons. The first kappa shape index (κ1) is 18.0. The van der Waals surface area contributed by atoms with Gasteiger partial charge in [-0.15, -0.1) is 0 Å². The predicted molar refractivity (Wildman–Crippen MR) is 119 cm³/mol. The first-order valence-electron chi connectivity index (χ1n) is 10.9. The highest BCUT2D eigenvalue weighted by Gasteiger charge is 2.60. The van der Waals surface area contributed by atoms with E-state index in [0.29, 0.717) is 0 Å².